The van der Waals surface area contributed by atoms with Crippen molar-refractivity contribution < 1.29 is 9.32 Å². The fourth-order valence-electron chi connectivity index (χ4n) is 3.17. The minimum Gasteiger partial charge on any atom is -0.342 e. The Morgan fingerprint density at radius 2 is 2.04 bits per heavy atom. The van der Waals surface area contributed by atoms with Crippen LogP contribution in [0, 0.1) is 0 Å². The van der Waals surface area contributed by atoms with Crippen LogP contribution in [0.1, 0.15) is 30.2 Å². The van der Waals surface area contributed by atoms with Crippen LogP contribution in [0.2, 0.25) is 0 Å². The molecule has 7 nitrogen and oxygen atoms in total. The third-order valence-electron chi connectivity index (χ3n) is 4.61. The molecule has 0 atom stereocenters. The van der Waals surface area contributed by atoms with Crippen LogP contribution in [-0.2, 0) is 11.2 Å². The third kappa shape index (κ3) is 3.61. The number of amides is 1. The van der Waals surface area contributed by atoms with E-state index < -0.39 is 0 Å². The summed E-state index contributed by atoms with van der Waals surface area (Å²) in [7, 11) is 0. The first-order valence-corrected chi connectivity index (χ1v) is 8.71. The molecule has 0 aromatic carbocycles. The summed E-state index contributed by atoms with van der Waals surface area (Å²) >= 11 is 0. The molecule has 0 unspecified atom stereocenters. The molecule has 1 aliphatic rings. The van der Waals surface area contributed by atoms with Gasteiger partial charge in [-0.1, -0.05) is 17.3 Å². The maximum absolute atomic E-state index is 12.4. The van der Waals surface area contributed by atoms with Crippen LogP contribution in [-0.4, -0.2) is 44.0 Å². The lowest BCUT2D eigenvalue weighted by molar-refractivity contribution is -0.131. The van der Waals surface area contributed by atoms with Crippen LogP contribution >= 0.6 is 0 Å². The molecule has 0 spiro atoms. The van der Waals surface area contributed by atoms with Gasteiger partial charge in [-0.2, -0.15) is 4.98 Å². The fraction of sp³-hybridized carbons (Fsp3) is 0.316. The van der Waals surface area contributed by atoms with Crippen molar-refractivity contribution in [2.45, 2.75) is 25.2 Å². The van der Waals surface area contributed by atoms with Crippen molar-refractivity contribution in [2.24, 2.45) is 0 Å². The molecule has 3 aromatic heterocycles. The summed E-state index contributed by atoms with van der Waals surface area (Å²) in [6.07, 6.45) is 7.19. The largest absolute Gasteiger partial charge is 0.342 e. The molecule has 4 rings (SSSR count). The van der Waals surface area contributed by atoms with Gasteiger partial charge in [0, 0.05) is 37.6 Å². The van der Waals surface area contributed by atoms with Gasteiger partial charge < -0.3 is 9.42 Å². The highest BCUT2D eigenvalue weighted by Gasteiger charge is 2.27. The molecule has 1 fully saturated rings. The van der Waals surface area contributed by atoms with E-state index in [1.165, 1.54) is 0 Å². The van der Waals surface area contributed by atoms with Gasteiger partial charge in [0.15, 0.2) is 0 Å². The molecule has 0 saturated carbocycles. The van der Waals surface area contributed by atoms with E-state index in [0.29, 0.717) is 36.9 Å². The van der Waals surface area contributed by atoms with Gasteiger partial charge in [0.05, 0.1) is 6.42 Å². The second kappa shape index (κ2) is 7.43. The number of carbonyl (C=O) groups is 1. The first-order chi connectivity index (χ1) is 12.8. The summed E-state index contributed by atoms with van der Waals surface area (Å²) in [5.41, 5.74) is 1.64. The average Bonchev–Trinajstić information content (AvgIpc) is 3.20. The number of piperidine rings is 1. The van der Waals surface area contributed by atoms with Crippen LogP contribution in [0.4, 0.5) is 0 Å². The number of aromatic nitrogens is 4. The van der Waals surface area contributed by atoms with E-state index in [2.05, 4.69) is 20.1 Å². The Morgan fingerprint density at radius 1 is 1.15 bits per heavy atom. The number of nitrogens with zero attached hydrogens (tertiary/aromatic N) is 5. The van der Waals surface area contributed by atoms with E-state index in [-0.39, 0.29) is 11.8 Å². The molecular formula is C19H19N5O2. The lowest BCUT2D eigenvalue weighted by Crippen LogP contribution is -2.38. The molecule has 4 heterocycles. The molecule has 0 N–H and O–H groups in total. The van der Waals surface area contributed by atoms with Crippen LogP contribution in [0.15, 0.2) is 53.4 Å². The van der Waals surface area contributed by atoms with E-state index in [0.717, 1.165) is 18.4 Å². The van der Waals surface area contributed by atoms with Crippen LogP contribution < -0.4 is 0 Å². The van der Waals surface area contributed by atoms with Gasteiger partial charge in [-0.3, -0.25) is 14.8 Å². The van der Waals surface area contributed by atoms with E-state index in [4.69, 9.17) is 4.52 Å². The van der Waals surface area contributed by atoms with Crippen molar-refractivity contribution in [1.82, 2.24) is 25.0 Å². The van der Waals surface area contributed by atoms with Gasteiger partial charge in [0.1, 0.15) is 5.69 Å². The molecule has 0 aliphatic carbocycles. The van der Waals surface area contributed by atoms with E-state index in [9.17, 15) is 4.79 Å². The second-order valence-corrected chi connectivity index (χ2v) is 6.36. The zero-order valence-electron chi connectivity index (χ0n) is 14.3. The molecular weight excluding hydrogens is 330 g/mol. The van der Waals surface area contributed by atoms with Gasteiger partial charge in [-0.25, -0.2) is 0 Å². The van der Waals surface area contributed by atoms with Gasteiger partial charge in [-0.05, 0) is 36.6 Å². The zero-order valence-corrected chi connectivity index (χ0v) is 14.3. The van der Waals surface area contributed by atoms with Gasteiger partial charge >= 0.3 is 0 Å². The van der Waals surface area contributed by atoms with Gasteiger partial charge in [0.2, 0.25) is 17.6 Å². The van der Waals surface area contributed by atoms with Crippen molar-refractivity contribution in [3.05, 3.63) is 60.4 Å². The predicted octanol–water partition coefficient (Wildman–Crippen LogP) is 2.48. The number of likely N-dealkylation sites (tertiary alicyclic amines) is 1. The molecule has 132 valence electrons. The first-order valence-electron chi connectivity index (χ1n) is 8.71. The normalized spacial score (nSPS) is 15.2. The molecule has 7 heteroatoms. The first kappa shape index (κ1) is 16.4. The summed E-state index contributed by atoms with van der Waals surface area (Å²) < 4.78 is 5.44. The zero-order chi connectivity index (χ0) is 17.8. The summed E-state index contributed by atoms with van der Waals surface area (Å²) in [5.74, 6) is 1.46. The second-order valence-electron chi connectivity index (χ2n) is 6.36. The third-order valence-corrected chi connectivity index (χ3v) is 4.61. The minimum absolute atomic E-state index is 0.135. The number of carbonyl (C=O) groups excluding carboxylic acids is 1. The van der Waals surface area contributed by atoms with Crippen molar-refractivity contribution in [3.63, 3.8) is 0 Å². The highest BCUT2D eigenvalue weighted by Crippen LogP contribution is 2.28. The monoisotopic (exact) mass is 349 g/mol. The molecule has 0 radical (unpaired) electrons. The van der Waals surface area contributed by atoms with Crippen LogP contribution in [0.5, 0.6) is 0 Å². The number of pyridine rings is 2. The summed E-state index contributed by atoms with van der Waals surface area (Å²) in [4.78, 5) is 27.1. The number of rotatable bonds is 4. The van der Waals surface area contributed by atoms with Crippen molar-refractivity contribution in [1.29, 1.82) is 0 Å². The summed E-state index contributed by atoms with van der Waals surface area (Å²) in [6.45, 7) is 1.40. The fourth-order valence-corrected chi connectivity index (χ4v) is 3.17. The summed E-state index contributed by atoms with van der Waals surface area (Å²) in [5, 5.41) is 4.04. The van der Waals surface area contributed by atoms with Crippen molar-refractivity contribution in [2.75, 3.05) is 13.1 Å². The van der Waals surface area contributed by atoms with Crippen molar-refractivity contribution >= 4 is 5.91 Å². The molecule has 1 aliphatic heterocycles. The smallest absolute Gasteiger partial charge is 0.230 e. The Labute approximate surface area is 151 Å². The van der Waals surface area contributed by atoms with Crippen molar-refractivity contribution in [3.8, 4) is 11.5 Å². The molecule has 1 saturated heterocycles. The molecule has 26 heavy (non-hydrogen) atoms. The molecule has 3 aromatic rings. The van der Waals surface area contributed by atoms with E-state index >= 15 is 0 Å². The SMILES string of the molecule is O=C(Cc1cccnc1)N1CCC(c2nc(-c3ccccn3)no2)CC1. The van der Waals surface area contributed by atoms with E-state index in [1.54, 1.807) is 18.6 Å². The Morgan fingerprint density at radius 3 is 2.77 bits per heavy atom. The highest BCUT2D eigenvalue weighted by atomic mass is 16.5. The minimum atomic E-state index is 0.135. The van der Waals surface area contributed by atoms with Crippen LogP contribution in [0.25, 0.3) is 11.5 Å². The lowest BCUT2D eigenvalue weighted by Gasteiger charge is -2.30. The van der Waals surface area contributed by atoms with Crippen LogP contribution in [0.3, 0.4) is 0 Å². The Balaban J connectivity index is 1.35. The number of hydrogen-bond acceptors (Lipinski definition) is 6. The quantitative estimate of drug-likeness (QED) is 0.719. The van der Waals surface area contributed by atoms with Gasteiger partial charge in [0.25, 0.3) is 0 Å². The Kier molecular flexibility index (Phi) is 4.68. The molecule has 0 bridgehead atoms. The Hall–Kier alpha value is -3.09. The highest BCUT2D eigenvalue weighted by molar-refractivity contribution is 5.78. The average molecular weight is 349 g/mol. The number of hydrogen-bond donors (Lipinski definition) is 0. The maximum atomic E-state index is 12.4. The Bertz CT molecular complexity index is 858. The lowest BCUT2D eigenvalue weighted by atomic mass is 9.96. The van der Waals surface area contributed by atoms with E-state index in [1.807, 2.05) is 35.2 Å². The van der Waals surface area contributed by atoms with Gasteiger partial charge in [-0.15, -0.1) is 0 Å². The summed E-state index contributed by atoms with van der Waals surface area (Å²) in [6, 6.07) is 9.38. The standard InChI is InChI=1S/C19H19N5O2/c25-17(12-14-4-3-8-20-13-14)24-10-6-15(7-11-24)19-22-18(23-26-19)16-5-1-2-9-21-16/h1-5,8-9,13,15H,6-7,10-12H2. The molecule has 1 amide bonds. The topological polar surface area (TPSA) is 85.0 Å². The predicted molar refractivity (Wildman–Crippen MR) is 94.0 cm³/mol. The maximum Gasteiger partial charge on any atom is 0.230 e.